The number of rotatable bonds is 2. The first-order valence-electron chi connectivity index (χ1n) is 5.58. The molecule has 0 bridgehead atoms. The molecule has 1 saturated carbocycles. The Hall–Kier alpha value is -1.01. The first-order valence-corrected chi connectivity index (χ1v) is 6.39. The van der Waals surface area contributed by atoms with Crippen LogP contribution in [0.15, 0.2) is 6.07 Å². The fraction of sp³-hybridized carbons (Fsp3) is 0.583. The molecule has 0 unspecified atom stereocenters. The zero-order valence-electron chi connectivity index (χ0n) is 8.83. The number of hydrogen-bond acceptors (Lipinski definition) is 3. The van der Waals surface area contributed by atoms with E-state index in [0.717, 1.165) is 12.3 Å². The lowest BCUT2D eigenvalue weighted by Gasteiger charge is -2.20. The molecular formula is C12H16N2S. The molecule has 2 N–H and O–H groups in total. The van der Waals surface area contributed by atoms with E-state index < -0.39 is 0 Å². The lowest BCUT2D eigenvalue weighted by atomic mass is 9.86. The average Bonchev–Trinajstić information content (AvgIpc) is 2.60. The van der Waals surface area contributed by atoms with Crippen molar-refractivity contribution >= 4 is 16.3 Å². The molecule has 1 aliphatic carbocycles. The van der Waals surface area contributed by atoms with E-state index in [1.54, 1.807) is 11.3 Å². The van der Waals surface area contributed by atoms with Gasteiger partial charge >= 0.3 is 0 Å². The van der Waals surface area contributed by atoms with Crippen molar-refractivity contribution in [2.45, 2.75) is 38.5 Å². The van der Waals surface area contributed by atoms with E-state index in [4.69, 9.17) is 11.0 Å². The standard InChI is InChI=1S/C12H16N2S/c13-8-10-7-11(15-12(10)14)6-9-4-2-1-3-5-9/h7,9H,1-6,14H2. The van der Waals surface area contributed by atoms with Crippen LogP contribution in [0, 0.1) is 17.2 Å². The third-order valence-electron chi connectivity index (χ3n) is 3.15. The largest absolute Gasteiger partial charge is 0.389 e. The minimum Gasteiger partial charge on any atom is -0.389 e. The Morgan fingerprint density at radius 1 is 1.40 bits per heavy atom. The highest BCUT2D eigenvalue weighted by Crippen LogP contribution is 2.31. The predicted molar refractivity (Wildman–Crippen MR) is 63.7 cm³/mol. The topological polar surface area (TPSA) is 49.8 Å². The van der Waals surface area contributed by atoms with Crippen LogP contribution in [-0.4, -0.2) is 0 Å². The molecule has 0 aliphatic heterocycles. The number of nitrogen functional groups attached to an aromatic ring is 1. The van der Waals surface area contributed by atoms with Crippen molar-refractivity contribution in [2.24, 2.45) is 5.92 Å². The van der Waals surface area contributed by atoms with Gasteiger partial charge in [0.05, 0.1) is 5.56 Å². The van der Waals surface area contributed by atoms with E-state index in [1.165, 1.54) is 37.0 Å². The number of nitrogens with two attached hydrogens (primary N) is 1. The van der Waals surface area contributed by atoms with Crippen molar-refractivity contribution < 1.29 is 0 Å². The monoisotopic (exact) mass is 220 g/mol. The molecule has 0 spiro atoms. The van der Waals surface area contributed by atoms with E-state index in [0.29, 0.717) is 10.6 Å². The summed E-state index contributed by atoms with van der Waals surface area (Å²) in [4.78, 5) is 1.29. The predicted octanol–water partition coefficient (Wildman–Crippen LogP) is 3.32. The quantitative estimate of drug-likeness (QED) is 0.831. The third kappa shape index (κ3) is 2.51. The zero-order chi connectivity index (χ0) is 10.7. The second-order valence-corrected chi connectivity index (χ2v) is 5.48. The van der Waals surface area contributed by atoms with Gasteiger partial charge in [0.25, 0.3) is 0 Å². The maximum Gasteiger partial charge on any atom is 0.104 e. The summed E-state index contributed by atoms with van der Waals surface area (Å²) in [5.41, 5.74) is 6.41. The van der Waals surface area contributed by atoms with Gasteiger partial charge in [0, 0.05) is 4.88 Å². The van der Waals surface area contributed by atoms with Gasteiger partial charge in [0.2, 0.25) is 0 Å². The van der Waals surface area contributed by atoms with Gasteiger partial charge < -0.3 is 5.73 Å². The fourth-order valence-corrected chi connectivity index (χ4v) is 3.31. The van der Waals surface area contributed by atoms with Gasteiger partial charge in [-0.2, -0.15) is 5.26 Å². The lowest BCUT2D eigenvalue weighted by molar-refractivity contribution is 0.358. The Morgan fingerprint density at radius 3 is 2.73 bits per heavy atom. The number of thiophene rings is 1. The highest BCUT2D eigenvalue weighted by Gasteiger charge is 2.15. The second-order valence-electron chi connectivity index (χ2n) is 4.31. The maximum absolute atomic E-state index is 8.81. The number of anilines is 1. The highest BCUT2D eigenvalue weighted by atomic mass is 32.1. The molecule has 0 atom stereocenters. The van der Waals surface area contributed by atoms with Crippen LogP contribution in [0.2, 0.25) is 0 Å². The summed E-state index contributed by atoms with van der Waals surface area (Å²) >= 11 is 1.59. The van der Waals surface area contributed by atoms with Crippen LogP contribution >= 0.6 is 11.3 Å². The molecule has 1 heterocycles. The second kappa shape index (κ2) is 4.67. The zero-order valence-corrected chi connectivity index (χ0v) is 9.65. The molecule has 15 heavy (non-hydrogen) atoms. The molecule has 1 aliphatic rings. The Labute approximate surface area is 94.7 Å². The Morgan fingerprint density at radius 2 is 2.13 bits per heavy atom. The SMILES string of the molecule is N#Cc1cc(CC2CCCCC2)sc1N. The third-order valence-corrected chi connectivity index (χ3v) is 4.13. The van der Waals surface area contributed by atoms with Crippen LogP contribution in [0.25, 0.3) is 0 Å². The van der Waals surface area contributed by atoms with Crippen LogP contribution in [-0.2, 0) is 6.42 Å². The summed E-state index contributed by atoms with van der Waals surface area (Å²) in [5, 5.41) is 9.50. The van der Waals surface area contributed by atoms with Gasteiger partial charge in [-0.1, -0.05) is 32.1 Å². The molecule has 1 aromatic heterocycles. The van der Waals surface area contributed by atoms with Gasteiger partial charge in [0.15, 0.2) is 0 Å². The minimum absolute atomic E-state index is 0.658. The van der Waals surface area contributed by atoms with Gasteiger partial charge in [-0.05, 0) is 18.4 Å². The number of nitriles is 1. The molecule has 80 valence electrons. The molecule has 1 aromatic rings. The van der Waals surface area contributed by atoms with Crippen molar-refractivity contribution in [1.29, 1.82) is 5.26 Å². The summed E-state index contributed by atoms with van der Waals surface area (Å²) in [6.07, 6.45) is 7.95. The van der Waals surface area contributed by atoms with Crippen molar-refractivity contribution in [1.82, 2.24) is 0 Å². The Balaban J connectivity index is 2.01. The first-order chi connectivity index (χ1) is 7.29. The molecular weight excluding hydrogens is 204 g/mol. The molecule has 0 radical (unpaired) electrons. The van der Waals surface area contributed by atoms with Crippen LogP contribution in [0.3, 0.4) is 0 Å². The van der Waals surface area contributed by atoms with Gasteiger partial charge in [0.1, 0.15) is 11.1 Å². The van der Waals surface area contributed by atoms with E-state index >= 15 is 0 Å². The molecule has 0 amide bonds. The molecule has 3 heteroatoms. The Bertz CT molecular complexity index is 369. The summed E-state index contributed by atoms with van der Waals surface area (Å²) < 4.78 is 0. The molecule has 0 aromatic carbocycles. The van der Waals surface area contributed by atoms with Crippen molar-refractivity contribution in [3.63, 3.8) is 0 Å². The van der Waals surface area contributed by atoms with Gasteiger partial charge in [-0.25, -0.2) is 0 Å². The van der Waals surface area contributed by atoms with Gasteiger partial charge in [-0.15, -0.1) is 11.3 Å². The summed E-state index contributed by atoms with van der Waals surface area (Å²) in [7, 11) is 0. The van der Waals surface area contributed by atoms with E-state index in [9.17, 15) is 0 Å². The van der Waals surface area contributed by atoms with Crippen LogP contribution < -0.4 is 5.73 Å². The molecule has 1 fully saturated rings. The van der Waals surface area contributed by atoms with E-state index in [2.05, 4.69) is 6.07 Å². The Kier molecular flexibility index (Phi) is 3.27. The number of nitrogens with zero attached hydrogens (tertiary/aromatic N) is 1. The molecule has 2 rings (SSSR count). The normalized spacial score (nSPS) is 17.5. The van der Waals surface area contributed by atoms with Crippen LogP contribution in [0.5, 0.6) is 0 Å². The molecule has 2 nitrogen and oxygen atoms in total. The summed E-state index contributed by atoms with van der Waals surface area (Å²) in [6.45, 7) is 0. The lowest BCUT2D eigenvalue weighted by Crippen LogP contribution is -2.08. The maximum atomic E-state index is 8.81. The van der Waals surface area contributed by atoms with Crippen LogP contribution in [0.4, 0.5) is 5.00 Å². The van der Waals surface area contributed by atoms with Crippen molar-refractivity contribution in [3.05, 3.63) is 16.5 Å². The minimum atomic E-state index is 0.658. The first kappa shape index (κ1) is 10.5. The van der Waals surface area contributed by atoms with Crippen molar-refractivity contribution in [2.75, 3.05) is 5.73 Å². The fourth-order valence-electron chi connectivity index (χ4n) is 2.32. The summed E-state index contributed by atoms with van der Waals surface area (Å²) in [5.74, 6) is 0.823. The van der Waals surface area contributed by atoms with Crippen molar-refractivity contribution in [3.8, 4) is 6.07 Å². The average molecular weight is 220 g/mol. The highest BCUT2D eigenvalue weighted by molar-refractivity contribution is 7.16. The van der Waals surface area contributed by atoms with E-state index in [-0.39, 0.29) is 0 Å². The van der Waals surface area contributed by atoms with E-state index in [1.807, 2.05) is 6.07 Å². The van der Waals surface area contributed by atoms with Gasteiger partial charge in [-0.3, -0.25) is 0 Å². The smallest absolute Gasteiger partial charge is 0.104 e. The van der Waals surface area contributed by atoms with Crippen LogP contribution in [0.1, 0.15) is 42.5 Å². The number of hydrogen-bond donors (Lipinski definition) is 1. The summed E-state index contributed by atoms with van der Waals surface area (Å²) in [6, 6.07) is 4.11. The molecule has 0 saturated heterocycles.